The maximum Gasteiger partial charge on any atom is 0.123 e. The number of nitrogens with zero attached hydrogens (tertiary/aromatic N) is 3. The van der Waals surface area contributed by atoms with Crippen LogP contribution in [-0.4, -0.2) is 9.55 Å². The average molecular weight is 201 g/mol. The monoisotopic (exact) mass is 201 g/mol. The van der Waals surface area contributed by atoms with E-state index in [0.717, 1.165) is 12.2 Å². The molecule has 1 aromatic rings. The molecule has 3 nitrogen and oxygen atoms in total. The van der Waals surface area contributed by atoms with E-state index in [1.165, 1.54) is 43.5 Å². The Morgan fingerprint density at radius 2 is 2.13 bits per heavy atom. The molecule has 0 saturated heterocycles. The molecule has 0 bridgehead atoms. The van der Waals surface area contributed by atoms with Gasteiger partial charge in [0.1, 0.15) is 5.82 Å². The van der Waals surface area contributed by atoms with E-state index in [1.807, 2.05) is 0 Å². The highest BCUT2D eigenvalue weighted by Crippen LogP contribution is 2.39. The molecule has 1 fully saturated rings. The molecular formula is C12H15N3. The van der Waals surface area contributed by atoms with Gasteiger partial charge >= 0.3 is 0 Å². The Morgan fingerprint density at radius 1 is 1.33 bits per heavy atom. The molecule has 0 N–H and O–H groups in total. The van der Waals surface area contributed by atoms with Crippen LogP contribution in [0.4, 0.5) is 0 Å². The second-order valence-electron chi connectivity index (χ2n) is 4.56. The van der Waals surface area contributed by atoms with Crippen molar-refractivity contribution in [2.75, 3.05) is 0 Å². The van der Waals surface area contributed by atoms with E-state index < -0.39 is 0 Å². The van der Waals surface area contributed by atoms with E-state index >= 15 is 0 Å². The molecule has 15 heavy (non-hydrogen) atoms. The summed E-state index contributed by atoms with van der Waals surface area (Å²) in [5.74, 6) is 1.02. The lowest BCUT2D eigenvalue weighted by Gasteiger charge is -2.14. The third kappa shape index (κ3) is 1.45. The molecule has 1 aromatic heterocycles. The molecule has 0 unspecified atom stereocenters. The van der Waals surface area contributed by atoms with Gasteiger partial charge in [0, 0.05) is 11.7 Å². The van der Waals surface area contributed by atoms with Gasteiger partial charge in [0.25, 0.3) is 0 Å². The molecule has 2 aliphatic carbocycles. The van der Waals surface area contributed by atoms with Gasteiger partial charge in [-0.1, -0.05) is 0 Å². The minimum atomic E-state index is 0.476. The van der Waals surface area contributed by atoms with E-state index in [4.69, 9.17) is 5.26 Å². The minimum absolute atomic E-state index is 0.476. The highest BCUT2D eigenvalue weighted by Gasteiger charge is 2.30. The summed E-state index contributed by atoms with van der Waals surface area (Å²) in [6, 6.07) is 2.90. The summed E-state index contributed by atoms with van der Waals surface area (Å²) >= 11 is 0. The molecule has 3 heteroatoms. The number of fused-ring (bicyclic) bond motifs is 1. The molecule has 0 radical (unpaired) electrons. The largest absolute Gasteiger partial charge is 0.328 e. The first kappa shape index (κ1) is 8.96. The van der Waals surface area contributed by atoms with Crippen LogP contribution in [-0.2, 0) is 19.3 Å². The molecular weight excluding hydrogens is 186 g/mol. The summed E-state index contributed by atoms with van der Waals surface area (Å²) in [5.41, 5.74) is 2.72. The first-order chi connectivity index (χ1) is 7.40. The summed E-state index contributed by atoms with van der Waals surface area (Å²) in [6.45, 7) is 0. The minimum Gasteiger partial charge on any atom is -0.328 e. The summed E-state index contributed by atoms with van der Waals surface area (Å²) in [4.78, 5) is 4.64. The van der Waals surface area contributed by atoms with Crippen LogP contribution in [0.1, 0.15) is 48.9 Å². The average Bonchev–Trinajstić information content (AvgIpc) is 3.01. The van der Waals surface area contributed by atoms with Crippen molar-refractivity contribution in [2.24, 2.45) is 0 Å². The fourth-order valence-electron chi connectivity index (χ4n) is 2.58. The normalized spacial score (nSPS) is 19.7. The number of hydrogen-bond donors (Lipinski definition) is 0. The van der Waals surface area contributed by atoms with E-state index in [9.17, 15) is 0 Å². The molecule has 0 atom stereocenters. The molecule has 3 rings (SSSR count). The van der Waals surface area contributed by atoms with Crippen molar-refractivity contribution >= 4 is 0 Å². The van der Waals surface area contributed by atoms with E-state index in [-0.39, 0.29) is 0 Å². The van der Waals surface area contributed by atoms with Crippen molar-refractivity contribution in [3.8, 4) is 6.07 Å². The van der Waals surface area contributed by atoms with Crippen LogP contribution in [0.25, 0.3) is 0 Å². The Balaban J connectivity index is 2.06. The van der Waals surface area contributed by atoms with Crippen LogP contribution in [0.15, 0.2) is 0 Å². The van der Waals surface area contributed by atoms with Gasteiger partial charge in [-0.2, -0.15) is 5.26 Å². The third-order valence-electron chi connectivity index (χ3n) is 3.39. The predicted octanol–water partition coefficient (Wildman–Crippen LogP) is 2.16. The van der Waals surface area contributed by atoms with Crippen LogP contribution in [0, 0.1) is 11.3 Å². The van der Waals surface area contributed by atoms with Gasteiger partial charge in [-0.3, -0.25) is 0 Å². The van der Waals surface area contributed by atoms with E-state index in [2.05, 4.69) is 15.6 Å². The maximum absolute atomic E-state index is 8.80. The molecule has 78 valence electrons. The van der Waals surface area contributed by atoms with Crippen LogP contribution in [0.5, 0.6) is 0 Å². The molecule has 0 spiro atoms. The lowest BCUT2D eigenvalue weighted by molar-refractivity contribution is 0.605. The Hall–Kier alpha value is -1.30. The Labute approximate surface area is 89.7 Å². The second-order valence-corrected chi connectivity index (χ2v) is 4.56. The third-order valence-corrected chi connectivity index (χ3v) is 3.39. The number of aryl methyl sites for hydroxylation is 1. The summed E-state index contributed by atoms with van der Waals surface area (Å²) in [6.07, 6.45) is 7.88. The summed E-state index contributed by atoms with van der Waals surface area (Å²) in [5, 5.41) is 8.80. The van der Waals surface area contributed by atoms with Crippen LogP contribution in [0.3, 0.4) is 0 Å². The molecule has 0 amide bonds. The lowest BCUT2D eigenvalue weighted by Crippen LogP contribution is -2.08. The zero-order valence-corrected chi connectivity index (χ0v) is 8.87. The number of rotatable bonds is 2. The van der Waals surface area contributed by atoms with Gasteiger partial charge in [0.15, 0.2) is 0 Å². The zero-order chi connectivity index (χ0) is 10.3. The SMILES string of the molecule is N#CCc1nc2c(n1C1CC1)CCCC2. The molecule has 0 aliphatic heterocycles. The number of hydrogen-bond acceptors (Lipinski definition) is 2. The first-order valence-corrected chi connectivity index (χ1v) is 5.86. The topological polar surface area (TPSA) is 41.6 Å². The molecule has 0 aromatic carbocycles. The van der Waals surface area contributed by atoms with Crippen LogP contribution >= 0.6 is 0 Å². The van der Waals surface area contributed by atoms with Gasteiger partial charge in [-0.15, -0.1) is 0 Å². The van der Waals surface area contributed by atoms with Crippen molar-refractivity contribution in [2.45, 2.75) is 51.0 Å². The van der Waals surface area contributed by atoms with Crippen molar-refractivity contribution in [1.29, 1.82) is 5.26 Å². The molecule has 1 heterocycles. The van der Waals surface area contributed by atoms with Crippen molar-refractivity contribution < 1.29 is 0 Å². The van der Waals surface area contributed by atoms with Crippen molar-refractivity contribution in [3.63, 3.8) is 0 Å². The highest BCUT2D eigenvalue weighted by molar-refractivity contribution is 5.23. The van der Waals surface area contributed by atoms with Gasteiger partial charge in [-0.25, -0.2) is 4.98 Å². The zero-order valence-electron chi connectivity index (χ0n) is 8.87. The standard InChI is InChI=1S/C12H15N3/c13-8-7-12-14-10-3-1-2-4-11(10)15(12)9-5-6-9/h9H,1-7H2. The van der Waals surface area contributed by atoms with Crippen LogP contribution in [0.2, 0.25) is 0 Å². The highest BCUT2D eigenvalue weighted by atomic mass is 15.1. The number of imidazole rings is 1. The van der Waals surface area contributed by atoms with E-state index in [1.54, 1.807) is 0 Å². The fourth-order valence-corrected chi connectivity index (χ4v) is 2.58. The lowest BCUT2D eigenvalue weighted by atomic mass is 10.0. The fraction of sp³-hybridized carbons (Fsp3) is 0.667. The summed E-state index contributed by atoms with van der Waals surface area (Å²) < 4.78 is 2.37. The van der Waals surface area contributed by atoms with Crippen molar-refractivity contribution in [1.82, 2.24) is 9.55 Å². The quantitative estimate of drug-likeness (QED) is 0.735. The maximum atomic E-state index is 8.80. The Morgan fingerprint density at radius 3 is 2.87 bits per heavy atom. The summed E-state index contributed by atoms with van der Waals surface area (Å²) in [7, 11) is 0. The van der Waals surface area contributed by atoms with Crippen molar-refractivity contribution in [3.05, 3.63) is 17.2 Å². The molecule has 2 aliphatic rings. The second kappa shape index (κ2) is 3.37. The van der Waals surface area contributed by atoms with E-state index in [0.29, 0.717) is 12.5 Å². The molecule has 1 saturated carbocycles. The Kier molecular flexibility index (Phi) is 2.02. The Bertz CT molecular complexity index is 421. The first-order valence-electron chi connectivity index (χ1n) is 5.86. The van der Waals surface area contributed by atoms with Gasteiger partial charge in [-0.05, 0) is 38.5 Å². The predicted molar refractivity (Wildman–Crippen MR) is 56.5 cm³/mol. The smallest absolute Gasteiger partial charge is 0.123 e. The number of aromatic nitrogens is 2. The van der Waals surface area contributed by atoms with Crippen LogP contribution < -0.4 is 0 Å². The number of nitriles is 1. The van der Waals surface area contributed by atoms with Gasteiger partial charge < -0.3 is 4.57 Å². The van der Waals surface area contributed by atoms with Gasteiger partial charge in [0.05, 0.1) is 18.2 Å². The van der Waals surface area contributed by atoms with Gasteiger partial charge in [0.2, 0.25) is 0 Å².